The number of nitrogens with one attached hydrogen (secondary N) is 1. The Morgan fingerprint density at radius 1 is 1.26 bits per heavy atom. The van der Waals surface area contributed by atoms with E-state index in [1.165, 1.54) is 0 Å². The Bertz CT molecular complexity index is 679. The van der Waals surface area contributed by atoms with Crippen molar-refractivity contribution in [3.63, 3.8) is 0 Å². The molecule has 1 aliphatic carbocycles. The summed E-state index contributed by atoms with van der Waals surface area (Å²) in [5.74, 6) is 1.12. The van der Waals surface area contributed by atoms with E-state index in [-0.39, 0.29) is 41.3 Å². The first-order valence-electron chi connectivity index (χ1n) is 8.32. The second-order valence-electron chi connectivity index (χ2n) is 6.97. The number of sulfone groups is 1. The lowest BCUT2D eigenvalue weighted by molar-refractivity contribution is -0.123. The van der Waals surface area contributed by atoms with Crippen molar-refractivity contribution in [2.45, 2.75) is 37.3 Å². The van der Waals surface area contributed by atoms with Crippen molar-refractivity contribution in [3.05, 3.63) is 24.2 Å². The zero-order valence-electron chi connectivity index (χ0n) is 13.0. The Kier molecular flexibility index (Phi) is 3.72. The molecule has 1 N–H and O–H groups in total. The minimum Gasteiger partial charge on any atom is -0.469 e. The Hall–Kier alpha value is -1.34. The fourth-order valence-corrected chi connectivity index (χ4v) is 5.94. The number of amides is 1. The highest BCUT2D eigenvalue weighted by atomic mass is 32.2. The van der Waals surface area contributed by atoms with Crippen LogP contribution >= 0.6 is 0 Å². The fraction of sp³-hybridized carbons (Fsp3) is 0.688. The number of likely N-dealkylation sites (tertiary alicyclic amines) is 1. The smallest absolute Gasteiger partial charge is 0.224 e. The highest BCUT2D eigenvalue weighted by Gasteiger charge is 2.48. The molecule has 3 aliphatic rings. The zero-order chi connectivity index (χ0) is 16.0. The van der Waals surface area contributed by atoms with Crippen LogP contribution in [0.4, 0.5) is 0 Å². The van der Waals surface area contributed by atoms with Crippen LogP contribution < -0.4 is 5.32 Å². The van der Waals surface area contributed by atoms with Gasteiger partial charge >= 0.3 is 0 Å². The van der Waals surface area contributed by atoms with E-state index in [1.54, 1.807) is 6.26 Å². The van der Waals surface area contributed by atoms with Gasteiger partial charge in [0.15, 0.2) is 9.84 Å². The summed E-state index contributed by atoms with van der Waals surface area (Å²) in [6, 6.07) is 3.39. The molecule has 0 aromatic carbocycles. The van der Waals surface area contributed by atoms with Gasteiger partial charge in [0.2, 0.25) is 5.91 Å². The van der Waals surface area contributed by atoms with Gasteiger partial charge in [-0.2, -0.15) is 0 Å². The predicted octanol–water partition coefficient (Wildman–Crippen LogP) is 0.761. The maximum Gasteiger partial charge on any atom is 0.224 e. The van der Waals surface area contributed by atoms with E-state index >= 15 is 0 Å². The summed E-state index contributed by atoms with van der Waals surface area (Å²) in [6.07, 6.45) is 4.63. The van der Waals surface area contributed by atoms with Gasteiger partial charge in [-0.1, -0.05) is 0 Å². The lowest BCUT2D eigenvalue weighted by Gasteiger charge is -2.28. The largest absolute Gasteiger partial charge is 0.469 e. The number of carbonyl (C=O) groups is 1. The molecule has 2 saturated heterocycles. The van der Waals surface area contributed by atoms with Crippen LogP contribution in [0.1, 0.15) is 30.9 Å². The van der Waals surface area contributed by atoms with Crippen molar-refractivity contribution >= 4 is 15.7 Å². The molecule has 1 amide bonds. The normalized spacial score (nSPS) is 36.2. The molecular formula is C16H22N2O4S. The second kappa shape index (κ2) is 5.63. The molecule has 0 bridgehead atoms. The molecule has 4 unspecified atom stereocenters. The lowest BCUT2D eigenvalue weighted by atomic mass is 10.1. The zero-order valence-corrected chi connectivity index (χ0v) is 13.8. The number of hydrogen-bond acceptors (Lipinski definition) is 5. The summed E-state index contributed by atoms with van der Waals surface area (Å²) in [5, 5.41) is 3.01. The van der Waals surface area contributed by atoms with Gasteiger partial charge in [0.1, 0.15) is 5.76 Å². The number of nitrogens with zero attached hydrogens (tertiary/aromatic N) is 1. The first kappa shape index (κ1) is 15.2. The summed E-state index contributed by atoms with van der Waals surface area (Å²) in [5.41, 5.74) is 0. The van der Waals surface area contributed by atoms with E-state index in [9.17, 15) is 13.2 Å². The van der Waals surface area contributed by atoms with Gasteiger partial charge in [-0.25, -0.2) is 8.42 Å². The molecule has 0 spiro atoms. The van der Waals surface area contributed by atoms with Crippen LogP contribution in [0.25, 0.3) is 0 Å². The van der Waals surface area contributed by atoms with Gasteiger partial charge in [-0.15, -0.1) is 0 Å². The van der Waals surface area contributed by atoms with Gasteiger partial charge < -0.3 is 9.73 Å². The minimum atomic E-state index is -3.06. The molecule has 126 valence electrons. The SMILES string of the molecule is O=C(NC1CS(=O)(=O)CC1N1CCCC1)C1CC1c1ccco1. The predicted molar refractivity (Wildman–Crippen MR) is 84.7 cm³/mol. The van der Waals surface area contributed by atoms with Crippen LogP contribution in [-0.2, 0) is 14.6 Å². The van der Waals surface area contributed by atoms with E-state index in [1.807, 2.05) is 12.1 Å². The Morgan fingerprint density at radius 3 is 2.74 bits per heavy atom. The van der Waals surface area contributed by atoms with Crippen molar-refractivity contribution in [2.75, 3.05) is 24.6 Å². The van der Waals surface area contributed by atoms with Crippen LogP contribution in [0.15, 0.2) is 22.8 Å². The first-order chi connectivity index (χ1) is 11.0. The molecular weight excluding hydrogens is 316 g/mol. The average Bonchev–Trinajstić information content (AvgIpc) is 2.90. The number of furan rings is 1. The molecule has 1 saturated carbocycles. The molecule has 1 aromatic rings. The first-order valence-corrected chi connectivity index (χ1v) is 10.1. The molecule has 0 radical (unpaired) electrons. The summed E-state index contributed by atoms with van der Waals surface area (Å²) in [4.78, 5) is 14.7. The quantitative estimate of drug-likeness (QED) is 0.877. The average molecular weight is 338 g/mol. The third-order valence-corrected chi connectivity index (χ3v) is 7.01. The van der Waals surface area contributed by atoms with Crippen molar-refractivity contribution in [3.8, 4) is 0 Å². The topological polar surface area (TPSA) is 79.6 Å². The van der Waals surface area contributed by atoms with Crippen molar-refractivity contribution in [1.82, 2.24) is 10.2 Å². The third kappa shape index (κ3) is 3.04. The maximum atomic E-state index is 12.5. The Labute approximate surface area is 136 Å². The fourth-order valence-electron chi connectivity index (χ4n) is 3.99. The van der Waals surface area contributed by atoms with Crippen molar-refractivity contribution in [1.29, 1.82) is 0 Å². The van der Waals surface area contributed by atoms with E-state index in [4.69, 9.17) is 4.42 Å². The Morgan fingerprint density at radius 2 is 2.04 bits per heavy atom. The summed E-state index contributed by atoms with van der Waals surface area (Å²) in [6.45, 7) is 1.87. The van der Waals surface area contributed by atoms with E-state index in [0.29, 0.717) is 0 Å². The van der Waals surface area contributed by atoms with Gasteiger partial charge in [0, 0.05) is 17.9 Å². The highest BCUT2D eigenvalue weighted by Crippen LogP contribution is 2.47. The van der Waals surface area contributed by atoms with Crippen LogP contribution in [0.2, 0.25) is 0 Å². The molecule has 6 nitrogen and oxygen atoms in total. The van der Waals surface area contributed by atoms with Gasteiger partial charge in [-0.3, -0.25) is 9.69 Å². The molecule has 4 rings (SSSR count). The number of rotatable bonds is 4. The Balaban J connectivity index is 1.41. The van der Waals surface area contributed by atoms with Crippen LogP contribution in [-0.4, -0.2) is 55.9 Å². The number of carbonyl (C=O) groups excluding carboxylic acids is 1. The molecule has 1 aromatic heterocycles. The highest BCUT2D eigenvalue weighted by molar-refractivity contribution is 7.91. The van der Waals surface area contributed by atoms with Crippen LogP contribution in [0, 0.1) is 5.92 Å². The summed E-state index contributed by atoms with van der Waals surface area (Å²) >= 11 is 0. The molecule has 7 heteroatoms. The van der Waals surface area contributed by atoms with Crippen molar-refractivity contribution < 1.29 is 17.6 Å². The molecule has 4 atom stereocenters. The molecule has 3 heterocycles. The monoisotopic (exact) mass is 338 g/mol. The minimum absolute atomic E-state index is 0.0299. The van der Waals surface area contributed by atoms with Gasteiger partial charge in [-0.05, 0) is 44.5 Å². The molecule has 3 fully saturated rings. The molecule has 23 heavy (non-hydrogen) atoms. The number of hydrogen-bond donors (Lipinski definition) is 1. The summed E-state index contributed by atoms with van der Waals surface area (Å²) in [7, 11) is -3.06. The summed E-state index contributed by atoms with van der Waals surface area (Å²) < 4.78 is 29.4. The molecule has 2 aliphatic heterocycles. The second-order valence-corrected chi connectivity index (χ2v) is 9.12. The maximum absolute atomic E-state index is 12.5. The van der Waals surface area contributed by atoms with Gasteiger partial charge in [0.25, 0.3) is 0 Å². The van der Waals surface area contributed by atoms with Gasteiger partial charge in [0.05, 0.1) is 23.8 Å². The standard InChI is InChI=1S/C16H22N2O4S/c19-16(12-8-11(12)15-4-3-7-22-15)17-13-9-23(20,21)10-14(13)18-5-1-2-6-18/h3-4,7,11-14H,1-2,5-6,8-10H2,(H,17,19). The van der Waals surface area contributed by atoms with Crippen LogP contribution in [0.5, 0.6) is 0 Å². The van der Waals surface area contributed by atoms with E-state index < -0.39 is 9.84 Å². The van der Waals surface area contributed by atoms with Crippen LogP contribution in [0.3, 0.4) is 0 Å². The van der Waals surface area contributed by atoms with E-state index in [2.05, 4.69) is 10.2 Å². The van der Waals surface area contributed by atoms with Crippen molar-refractivity contribution in [2.24, 2.45) is 5.92 Å². The lowest BCUT2D eigenvalue weighted by Crippen LogP contribution is -2.50. The van der Waals surface area contributed by atoms with E-state index in [0.717, 1.165) is 38.1 Å². The third-order valence-electron chi connectivity index (χ3n) is 5.30.